The number of benzene rings is 2. The van der Waals surface area contributed by atoms with E-state index in [1.807, 2.05) is 24.5 Å². The van der Waals surface area contributed by atoms with E-state index in [1.165, 1.54) is 36.4 Å². The van der Waals surface area contributed by atoms with E-state index in [0.29, 0.717) is 16.1 Å². The van der Waals surface area contributed by atoms with Crippen molar-refractivity contribution in [1.29, 1.82) is 0 Å². The molecule has 1 aliphatic rings. The molecule has 1 aliphatic heterocycles. The zero-order valence-corrected chi connectivity index (χ0v) is 21.8. The predicted molar refractivity (Wildman–Crippen MR) is 143 cm³/mol. The fourth-order valence-electron chi connectivity index (χ4n) is 3.71. The summed E-state index contributed by atoms with van der Waals surface area (Å²) in [4.78, 5) is 18.8. The molecule has 0 bridgehead atoms. The fourth-order valence-corrected chi connectivity index (χ4v) is 4.13. The molecular weight excluding hydrogens is 512 g/mol. The lowest BCUT2D eigenvalue weighted by molar-refractivity contribution is -0.384. The number of nitro benzene ring substituents is 1. The minimum absolute atomic E-state index is 0.0377. The van der Waals surface area contributed by atoms with Crippen LogP contribution in [0.3, 0.4) is 0 Å². The van der Waals surface area contributed by atoms with Gasteiger partial charge >= 0.3 is 0 Å². The van der Waals surface area contributed by atoms with Crippen molar-refractivity contribution in [2.75, 3.05) is 20.0 Å². The van der Waals surface area contributed by atoms with Gasteiger partial charge in [0.1, 0.15) is 17.2 Å². The highest BCUT2D eigenvalue weighted by atomic mass is 79.9. The van der Waals surface area contributed by atoms with Crippen molar-refractivity contribution in [3.05, 3.63) is 68.9 Å². The maximum absolute atomic E-state index is 10.5. The van der Waals surface area contributed by atoms with Gasteiger partial charge in [0, 0.05) is 35.1 Å². The zero-order valence-electron chi connectivity index (χ0n) is 20.2. The van der Waals surface area contributed by atoms with Crippen molar-refractivity contribution < 1.29 is 14.4 Å². The minimum atomic E-state index is -0.553. The monoisotopic (exact) mass is 540 g/mol. The first-order chi connectivity index (χ1) is 16.7. The highest BCUT2D eigenvalue weighted by Gasteiger charge is 2.20. The van der Waals surface area contributed by atoms with Gasteiger partial charge in [-0.3, -0.25) is 20.1 Å². The molecule has 0 spiro atoms. The first-order valence-electron chi connectivity index (χ1n) is 11.2. The molecule has 0 unspecified atom stereocenters. The van der Waals surface area contributed by atoms with Crippen molar-refractivity contribution in [3.63, 3.8) is 0 Å². The molecule has 0 saturated heterocycles. The summed E-state index contributed by atoms with van der Waals surface area (Å²) in [5.41, 5.74) is 11.2. The van der Waals surface area contributed by atoms with E-state index in [1.54, 1.807) is 13.2 Å². The Morgan fingerprint density at radius 1 is 1.09 bits per heavy atom. The third kappa shape index (κ3) is 6.57. The van der Waals surface area contributed by atoms with Crippen LogP contribution in [-0.2, 0) is 6.42 Å². The second-order valence-electron chi connectivity index (χ2n) is 8.51. The highest BCUT2D eigenvalue weighted by Crippen LogP contribution is 2.41. The summed E-state index contributed by atoms with van der Waals surface area (Å²) in [7, 11) is 3.12. The van der Waals surface area contributed by atoms with Gasteiger partial charge in [0.15, 0.2) is 5.69 Å². The Balaban J connectivity index is 0.000000225. The SMILES string of the molecule is COc1cc(-c2ccncc2)cc2c1N=C(CCC(C)C)C2.COc1cc(Br)cc([N+](=O)[O-])c1N. The minimum Gasteiger partial charge on any atom is -0.494 e. The average molecular weight is 541 g/mol. The zero-order chi connectivity index (χ0) is 25.5. The number of nitrogens with two attached hydrogens (primary N) is 1. The first-order valence-corrected chi connectivity index (χ1v) is 12.0. The van der Waals surface area contributed by atoms with Gasteiger partial charge in [-0.25, -0.2) is 0 Å². The Labute approximate surface area is 213 Å². The van der Waals surface area contributed by atoms with Gasteiger partial charge in [0.05, 0.1) is 19.1 Å². The smallest absolute Gasteiger partial charge is 0.297 e. The molecule has 0 amide bonds. The van der Waals surface area contributed by atoms with Gasteiger partial charge in [-0.1, -0.05) is 29.8 Å². The number of halogens is 1. The van der Waals surface area contributed by atoms with Crippen LogP contribution < -0.4 is 15.2 Å². The summed E-state index contributed by atoms with van der Waals surface area (Å²) in [6.07, 6.45) is 6.84. The van der Waals surface area contributed by atoms with Crippen LogP contribution in [0.15, 0.2) is 58.3 Å². The number of nitro groups is 1. The number of aliphatic imine (C=N–C) groups is 1. The van der Waals surface area contributed by atoms with Crippen LogP contribution in [0.1, 0.15) is 32.3 Å². The number of anilines is 1. The van der Waals surface area contributed by atoms with E-state index in [9.17, 15) is 10.1 Å². The third-order valence-corrected chi connectivity index (χ3v) is 6.02. The van der Waals surface area contributed by atoms with E-state index in [0.717, 1.165) is 29.8 Å². The molecule has 0 saturated carbocycles. The summed E-state index contributed by atoms with van der Waals surface area (Å²) >= 11 is 3.12. The lowest BCUT2D eigenvalue weighted by Crippen LogP contribution is -2.00. The number of fused-ring (bicyclic) bond motifs is 1. The number of methoxy groups -OCH3 is 2. The number of hydrogen-bond acceptors (Lipinski definition) is 7. The number of ether oxygens (including phenoxy) is 2. The van der Waals surface area contributed by atoms with E-state index >= 15 is 0 Å². The predicted octanol–water partition coefficient (Wildman–Crippen LogP) is 6.77. The molecule has 0 aliphatic carbocycles. The van der Waals surface area contributed by atoms with Crippen LogP contribution in [0.25, 0.3) is 11.1 Å². The molecule has 4 rings (SSSR count). The largest absolute Gasteiger partial charge is 0.494 e. The Morgan fingerprint density at radius 2 is 1.77 bits per heavy atom. The molecule has 2 aromatic carbocycles. The molecule has 0 radical (unpaired) electrons. The molecule has 1 aromatic heterocycles. The van der Waals surface area contributed by atoms with Crippen LogP contribution in [0.5, 0.6) is 11.5 Å². The molecule has 2 N–H and O–H groups in total. The van der Waals surface area contributed by atoms with E-state index in [-0.39, 0.29) is 11.4 Å². The van der Waals surface area contributed by atoms with Gasteiger partial charge < -0.3 is 15.2 Å². The summed E-state index contributed by atoms with van der Waals surface area (Å²) in [5, 5.41) is 10.5. The maximum Gasteiger partial charge on any atom is 0.297 e. The summed E-state index contributed by atoms with van der Waals surface area (Å²) in [6, 6.07) is 11.3. The lowest BCUT2D eigenvalue weighted by atomic mass is 9.99. The van der Waals surface area contributed by atoms with E-state index in [2.05, 4.69) is 46.9 Å². The molecule has 9 heteroatoms. The lowest BCUT2D eigenvalue weighted by Gasteiger charge is -2.09. The third-order valence-electron chi connectivity index (χ3n) is 5.56. The number of rotatable bonds is 7. The second kappa shape index (κ2) is 11.8. The van der Waals surface area contributed by atoms with Crippen molar-refractivity contribution >= 4 is 38.7 Å². The van der Waals surface area contributed by atoms with Crippen LogP contribution in [0.2, 0.25) is 0 Å². The fraction of sp³-hybridized carbons (Fsp3) is 0.308. The number of aromatic nitrogens is 1. The van der Waals surface area contributed by atoms with E-state index in [4.69, 9.17) is 20.2 Å². The Bertz CT molecular complexity index is 1230. The maximum atomic E-state index is 10.5. The number of pyridine rings is 1. The molecule has 184 valence electrons. The molecule has 8 nitrogen and oxygen atoms in total. The van der Waals surface area contributed by atoms with Gasteiger partial charge in [0.2, 0.25) is 0 Å². The quantitative estimate of drug-likeness (QED) is 0.201. The molecule has 2 heterocycles. The number of hydrogen-bond donors (Lipinski definition) is 1. The second-order valence-corrected chi connectivity index (χ2v) is 9.42. The van der Waals surface area contributed by atoms with E-state index < -0.39 is 4.92 Å². The molecule has 3 aromatic rings. The summed E-state index contributed by atoms with van der Waals surface area (Å²) < 4.78 is 11.0. The first kappa shape index (κ1) is 26.2. The standard InChI is InChI=1S/C19H22N2O.C7H7BrN2O3/c1-13(2)4-5-17-11-16-10-15(14-6-8-20-9-7-14)12-18(22-3)19(16)21-17;1-13-6-3-4(8)2-5(7(6)9)10(11)12/h6-10,12-13H,4-5,11H2,1-3H3;2-3H,9H2,1H3. The molecule has 0 fully saturated rings. The number of nitrogen functional groups attached to an aromatic ring is 1. The van der Waals surface area contributed by atoms with Gasteiger partial charge in [-0.05, 0) is 65.8 Å². The molecular formula is C26H29BrN4O4. The van der Waals surface area contributed by atoms with Gasteiger partial charge in [0.25, 0.3) is 5.69 Å². The van der Waals surface area contributed by atoms with Crippen LogP contribution in [0.4, 0.5) is 17.1 Å². The molecule has 0 atom stereocenters. The summed E-state index contributed by atoms with van der Waals surface area (Å²) in [6.45, 7) is 4.51. The van der Waals surface area contributed by atoms with Crippen molar-refractivity contribution in [2.45, 2.75) is 33.1 Å². The molecule has 35 heavy (non-hydrogen) atoms. The van der Waals surface area contributed by atoms with Gasteiger partial charge in [-0.15, -0.1) is 0 Å². The van der Waals surface area contributed by atoms with Crippen LogP contribution >= 0.6 is 15.9 Å². The van der Waals surface area contributed by atoms with Crippen molar-refractivity contribution in [3.8, 4) is 22.6 Å². The van der Waals surface area contributed by atoms with Crippen molar-refractivity contribution in [2.24, 2.45) is 10.9 Å². The van der Waals surface area contributed by atoms with Crippen molar-refractivity contribution in [1.82, 2.24) is 4.98 Å². The highest BCUT2D eigenvalue weighted by molar-refractivity contribution is 9.10. The van der Waals surface area contributed by atoms with Gasteiger partial charge in [-0.2, -0.15) is 0 Å². The Morgan fingerprint density at radius 3 is 2.37 bits per heavy atom. The Hall–Kier alpha value is -3.46. The van der Waals surface area contributed by atoms with Crippen LogP contribution in [-0.4, -0.2) is 29.8 Å². The van der Waals surface area contributed by atoms with Crippen LogP contribution in [0, 0.1) is 16.0 Å². The normalized spacial score (nSPS) is 11.9. The Kier molecular flexibility index (Phi) is 8.81. The summed E-state index contributed by atoms with van der Waals surface area (Å²) in [5.74, 6) is 1.87. The number of nitrogens with zero attached hydrogens (tertiary/aromatic N) is 3. The average Bonchev–Trinajstić information content (AvgIpc) is 3.27. The topological polar surface area (TPSA) is 113 Å².